The van der Waals surface area contributed by atoms with E-state index in [4.69, 9.17) is 19.3 Å². The molecule has 2 heterocycles. The summed E-state index contributed by atoms with van der Waals surface area (Å²) in [6, 6.07) is 15.1. The molecule has 0 radical (unpaired) electrons. The van der Waals surface area contributed by atoms with Crippen LogP contribution in [0.3, 0.4) is 0 Å². The number of hydrogen-bond donors (Lipinski definition) is 0. The molecule has 9 heteroatoms. The molecule has 0 aromatic heterocycles. The van der Waals surface area contributed by atoms with Crippen molar-refractivity contribution in [1.82, 2.24) is 14.8 Å². The Morgan fingerprint density at radius 3 is 2.58 bits per heavy atom. The van der Waals surface area contributed by atoms with Crippen molar-refractivity contribution in [2.75, 3.05) is 60.2 Å². The largest absolute Gasteiger partial charge is 0.497 e. The van der Waals surface area contributed by atoms with Crippen LogP contribution < -0.4 is 9.47 Å². The van der Waals surface area contributed by atoms with Gasteiger partial charge in [-0.05, 0) is 31.0 Å². The molecule has 2 fully saturated rings. The highest BCUT2D eigenvalue weighted by atomic mass is 16.5. The maximum Gasteiger partial charge on any atom is 0.262 e. The third kappa shape index (κ3) is 6.00. The van der Waals surface area contributed by atoms with Gasteiger partial charge in [0.1, 0.15) is 18.0 Å². The van der Waals surface area contributed by atoms with E-state index in [-0.39, 0.29) is 30.3 Å². The molecule has 0 bridgehead atoms. The van der Waals surface area contributed by atoms with Gasteiger partial charge in [0.2, 0.25) is 5.91 Å². The number of hydrogen-bond acceptors (Lipinski definition) is 7. The highest BCUT2D eigenvalue weighted by Crippen LogP contribution is 2.38. The smallest absolute Gasteiger partial charge is 0.262 e. The van der Waals surface area contributed by atoms with Crippen LogP contribution in [0.1, 0.15) is 36.4 Å². The summed E-state index contributed by atoms with van der Waals surface area (Å²) in [6.07, 6.45) is 2.32. The molecule has 2 aromatic rings. The Labute approximate surface area is 223 Å². The monoisotopic (exact) mass is 520 g/mol. The van der Waals surface area contributed by atoms with Gasteiger partial charge in [0.25, 0.3) is 5.91 Å². The van der Waals surface area contributed by atoms with E-state index < -0.39 is 0 Å². The van der Waals surface area contributed by atoms with Gasteiger partial charge >= 0.3 is 0 Å². The Kier molecular flexibility index (Phi) is 8.24. The van der Waals surface area contributed by atoms with Crippen molar-refractivity contribution in [3.05, 3.63) is 59.7 Å². The van der Waals surface area contributed by atoms with Crippen molar-refractivity contribution >= 4 is 17.5 Å². The second-order valence-corrected chi connectivity index (χ2v) is 9.97. The summed E-state index contributed by atoms with van der Waals surface area (Å²) in [6.45, 7) is 4.33. The summed E-state index contributed by atoms with van der Waals surface area (Å²) in [4.78, 5) is 31.1. The number of carbonyl (C=O) groups excluding carboxylic acids is 2. The summed E-state index contributed by atoms with van der Waals surface area (Å²) < 4.78 is 16.5. The number of ether oxygens (including phenoxy) is 3. The predicted octanol–water partition coefficient (Wildman–Crippen LogP) is 2.95. The average Bonchev–Trinajstić information content (AvgIpc) is 3.73. The molecule has 5 rings (SSSR count). The van der Waals surface area contributed by atoms with Crippen LogP contribution in [0, 0.1) is 5.92 Å². The highest BCUT2D eigenvalue weighted by Gasteiger charge is 2.38. The normalized spacial score (nSPS) is 19.7. The van der Waals surface area contributed by atoms with Crippen LogP contribution in [0.5, 0.6) is 11.5 Å². The number of benzene rings is 2. The number of methoxy groups -OCH3 is 2. The molecular weight excluding hydrogens is 484 g/mol. The van der Waals surface area contributed by atoms with E-state index in [0.717, 1.165) is 55.1 Å². The Morgan fingerprint density at radius 1 is 1.05 bits per heavy atom. The SMILES string of the molecule is COc1cccc(C2=NN(C(=O)CN(CCN3CCOCC3)C(=O)C3CC3)C(c3ccccc3OC)C2)c1. The van der Waals surface area contributed by atoms with Gasteiger partial charge in [-0.2, -0.15) is 5.10 Å². The van der Waals surface area contributed by atoms with E-state index >= 15 is 0 Å². The molecule has 3 aliphatic rings. The summed E-state index contributed by atoms with van der Waals surface area (Å²) in [5.41, 5.74) is 2.58. The quantitative estimate of drug-likeness (QED) is 0.479. The van der Waals surface area contributed by atoms with Crippen LogP contribution in [0.15, 0.2) is 53.6 Å². The van der Waals surface area contributed by atoms with Crippen molar-refractivity contribution in [3.63, 3.8) is 0 Å². The minimum Gasteiger partial charge on any atom is -0.497 e. The molecule has 202 valence electrons. The van der Waals surface area contributed by atoms with Crippen molar-refractivity contribution in [1.29, 1.82) is 0 Å². The van der Waals surface area contributed by atoms with E-state index in [0.29, 0.717) is 31.9 Å². The fourth-order valence-electron chi connectivity index (χ4n) is 5.08. The van der Waals surface area contributed by atoms with Crippen LogP contribution >= 0.6 is 0 Å². The van der Waals surface area contributed by atoms with Gasteiger partial charge in [-0.15, -0.1) is 0 Å². The average molecular weight is 521 g/mol. The van der Waals surface area contributed by atoms with Crippen molar-refractivity contribution in [2.24, 2.45) is 11.0 Å². The first-order valence-electron chi connectivity index (χ1n) is 13.3. The highest BCUT2D eigenvalue weighted by molar-refractivity contribution is 6.03. The minimum atomic E-state index is -0.336. The third-order valence-electron chi connectivity index (χ3n) is 7.42. The molecule has 2 aromatic carbocycles. The van der Waals surface area contributed by atoms with Gasteiger partial charge in [0, 0.05) is 49.6 Å². The fraction of sp³-hybridized carbons (Fsp3) is 0.483. The van der Waals surface area contributed by atoms with E-state index in [1.54, 1.807) is 24.1 Å². The maximum absolute atomic E-state index is 13.9. The van der Waals surface area contributed by atoms with Crippen LogP contribution in [0.4, 0.5) is 0 Å². The van der Waals surface area contributed by atoms with E-state index in [9.17, 15) is 9.59 Å². The van der Waals surface area contributed by atoms with Gasteiger partial charge in [-0.1, -0.05) is 30.3 Å². The third-order valence-corrected chi connectivity index (χ3v) is 7.42. The minimum absolute atomic E-state index is 0.000211. The van der Waals surface area contributed by atoms with Crippen LogP contribution in [-0.2, 0) is 14.3 Å². The lowest BCUT2D eigenvalue weighted by Crippen LogP contribution is -2.47. The molecule has 0 spiro atoms. The maximum atomic E-state index is 13.9. The van der Waals surface area contributed by atoms with Crippen molar-refractivity contribution in [2.45, 2.75) is 25.3 Å². The molecule has 1 atom stereocenters. The van der Waals surface area contributed by atoms with Crippen LogP contribution in [0.2, 0.25) is 0 Å². The van der Waals surface area contributed by atoms with Gasteiger partial charge in [0.15, 0.2) is 0 Å². The van der Waals surface area contributed by atoms with Crippen LogP contribution in [-0.4, -0.2) is 92.5 Å². The topological polar surface area (TPSA) is 83.9 Å². The van der Waals surface area contributed by atoms with Crippen LogP contribution in [0.25, 0.3) is 0 Å². The number of hydrazone groups is 1. The van der Waals surface area contributed by atoms with Crippen molar-refractivity contribution in [3.8, 4) is 11.5 Å². The molecule has 0 N–H and O–H groups in total. The molecular formula is C29H36N4O5. The molecule has 38 heavy (non-hydrogen) atoms. The molecule has 2 aliphatic heterocycles. The lowest BCUT2D eigenvalue weighted by atomic mass is 9.97. The van der Waals surface area contributed by atoms with E-state index in [1.165, 1.54) is 0 Å². The van der Waals surface area contributed by atoms with Gasteiger partial charge < -0.3 is 19.1 Å². The zero-order valence-electron chi connectivity index (χ0n) is 22.2. The molecule has 9 nitrogen and oxygen atoms in total. The Bertz CT molecular complexity index is 1180. The molecule has 1 saturated carbocycles. The first-order valence-corrected chi connectivity index (χ1v) is 13.3. The lowest BCUT2D eigenvalue weighted by molar-refractivity contribution is -0.142. The second kappa shape index (κ2) is 12.0. The lowest BCUT2D eigenvalue weighted by Gasteiger charge is -2.31. The summed E-state index contributed by atoms with van der Waals surface area (Å²) in [5.74, 6) is 1.34. The Hall–Kier alpha value is -3.43. The zero-order valence-corrected chi connectivity index (χ0v) is 22.2. The molecule has 2 amide bonds. The predicted molar refractivity (Wildman–Crippen MR) is 143 cm³/mol. The molecule has 1 unspecified atom stereocenters. The Morgan fingerprint density at radius 2 is 1.84 bits per heavy atom. The standard InChI is InChI=1S/C29H36N4O5/c1-36-23-7-5-6-22(18-23)25-19-26(24-8-3-4-9-27(24)37-2)33(30-25)28(34)20-32(29(35)21-10-11-21)13-12-31-14-16-38-17-15-31/h3-9,18,21,26H,10-17,19-20H2,1-2H3. The first kappa shape index (κ1) is 26.2. The van der Waals surface area contributed by atoms with E-state index in [2.05, 4.69) is 4.90 Å². The molecule has 1 aliphatic carbocycles. The number of carbonyl (C=O) groups is 2. The van der Waals surface area contributed by atoms with Gasteiger partial charge in [0.05, 0.1) is 39.2 Å². The fourth-order valence-corrected chi connectivity index (χ4v) is 5.08. The number of nitrogens with zero attached hydrogens (tertiary/aromatic N) is 4. The second-order valence-electron chi connectivity index (χ2n) is 9.97. The number of amides is 2. The van der Waals surface area contributed by atoms with E-state index in [1.807, 2.05) is 48.5 Å². The number of morpholine rings is 1. The van der Waals surface area contributed by atoms with Gasteiger partial charge in [-0.3, -0.25) is 14.5 Å². The first-order chi connectivity index (χ1) is 18.6. The summed E-state index contributed by atoms with van der Waals surface area (Å²) in [5, 5.41) is 6.36. The Balaban J connectivity index is 1.39. The summed E-state index contributed by atoms with van der Waals surface area (Å²) >= 11 is 0. The summed E-state index contributed by atoms with van der Waals surface area (Å²) in [7, 11) is 3.26. The van der Waals surface area contributed by atoms with Crippen molar-refractivity contribution < 1.29 is 23.8 Å². The number of rotatable bonds is 10. The number of para-hydroxylation sites is 1. The van der Waals surface area contributed by atoms with Gasteiger partial charge in [-0.25, -0.2) is 5.01 Å². The molecule has 1 saturated heterocycles. The zero-order chi connectivity index (χ0) is 26.5.